The highest BCUT2D eigenvalue weighted by Crippen LogP contribution is 2.51. The second-order valence-electron chi connectivity index (χ2n) is 8.50. The molecule has 5 N–H and O–H groups in total. The first-order valence-electron chi connectivity index (χ1n) is 9.81. The Bertz CT molecular complexity index is 1210. The number of likely N-dealkylation sites (N-methyl/N-ethyl adjacent to an activating group) is 1. The van der Waals surface area contributed by atoms with Gasteiger partial charge in [-0.25, -0.2) is 0 Å². The second kappa shape index (κ2) is 6.84. The molecule has 0 aromatic heterocycles. The topological polar surface area (TPSA) is 195 Å². The summed E-state index contributed by atoms with van der Waals surface area (Å²) >= 11 is 0. The molecule has 4 rings (SSSR count). The fourth-order valence-corrected chi connectivity index (χ4v) is 5.06. The predicted octanol–water partition coefficient (Wildman–Crippen LogP) is -0.596. The van der Waals surface area contributed by atoms with Crippen LogP contribution in [0.1, 0.15) is 19.3 Å². The van der Waals surface area contributed by atoms with Gasteiger partial charge in [0, 0.05) is 32.0 Å². The number of aliphatic hydroxyl groups excluding tert-OH is 2. The van der Waals surface area contributed by atoms with E-state index in [9.17, 15) is 40.0 Å². The van der Waals surface area contributed by atoms with Gasteiger partial charge in [-0.2, -0.15) is 4.79 Å². The molecule has 0 radical (unpaired) electrons. The Kier molecular flexibility index (Phi) is 4.58. The van der Waals surface area contributed by atoms with E-state index in [0.29, 0.717) is 0 Å². The summed E-state index contributed by atoms with van der Waals surface area (Å²) in [4.78, 5) is 55.1. The standard InChI is InChI=1S/C21H20N4O7/c1-25(2)11-6-10(24-23)9-4-7-3-8-5-12(26)15(20(22)31)19(30)21(8,32)18(29)13(7)17(28)14(9)16(11)27/h6-8,28,30,32H,3-5H2,1-2H3,(H2,22,31)/t7?,8?,21-/m0/s1. The number of amides is 1. The maximum Gasteiger partial charge on any atom is 0.321 e. The summed E-state index contributed by atoms with van der Waals surface area (Å²) in [5.41, 5.74) is 11.0. The molecule has 0 spiro atoms. The van der Waals surface area contributed by atoms with E-state index in [1.165, 1.54) is 11.0 Å². The number of carbonyl (C=O) groups excluding carboxylic acids is 4. The zero-order valence-corrected chi connectivity index (χ0v) is 17.2. The summed E-state index contributed by atoms with van der Waals surface area (Å²) in [6.07, 6.45) is 0.956. The van der Waals surface area contributed by atoms with Gasteiger partial charge in [-0.15, -0.1) is 0 Å². The number of primary amides is 1. The maximum atomic E-state index is 13.4. The summed E-state index contributed by atoms with van der Waals surface area (Å²) in [5, 5.41) is 32.7. The fourth-order valence-electron chi connectivity index (χ4n) is 5.06. The number of allylic oxidation sites excluding steroid dienone is 4. The molecule has 1 saturated carbocycles. The number of carbonyl (C=O) groups is 4. The highest BCUT2D eigenvalue weighted by molar-refractivity contribution is 6.26. The average Bonchev–Trinajstić information content (AvgIpc) is 2.70. The molecule has 32 heavy (non-hydrogen) atoms. The van der Waals surface area contributed by atoms with Crippen molar-refractivity contribution < 1.29 is 39.3 Å². The molecule has 2 unspecified atom stereocenters. The van der Waals surface area contributed by atoms with Gasteiger partial charge in [0.25, 0.3) is 5.91 Å². The molecule has 0 heterocycles. The molecule has 1 fully saturated rings. The molecule has 0 saturated heterocycles. The highest BCUT2D eigenvalue weighted by Gasteiger charge is 2.61. The van der Waals surface area contributed by atoms with Crippen LogP contribution in [-0.2, 0) is 19.2 Å². The zero-order chi connectivity index (χ0) is 23.7. The number of nitrogens with two attached hydrogens (primary N) is 1. The molecule has 4 aliphatic carbocycles. The first-order valence-corrected chi connectivity index (χ1v) is 9.81. The largest absolute Gasteiger partial charge is 0.508 e. The number of nitrogens with zero attached hydrogens (tertiary/aromatic N) is 3. The van der Waals surface area contributed by atoms with E-state index in [1.807, 2.05) is 0 Å². The molecule has 11 nitrogen and oxygen atoms in total. The molecule has 3 atom stereocenters. The monoisotopic (exact) mass is 440 g/mol. The molecule has 0 bridgehead atoms. The summed E-state index contributed by atoms with van der Waals surface area (Å²) in [5.74, 6) is -7.44. The van der Waals surface area contributed by atoms with Crippen LogP contribution in [0.15, 0.2) is 45.6 Å². The molecule has 166 valence electrons. The van der Waals surface area contributed by atoms with Crippen molar-refractivity contribution in [2.45, 2.75) is 24.9 Å². The van der Waals surface area contributed by atoms with Crippen LogP contribution in [-0.4, -0.2) is 73.7 Å². The Hall–Kier alpha value is -3.82. The van der Waals surface area contributed by atoms with Crippen LogP contribution in [0.4, 0.5) is 0 Å². The van der Waals surface area contributed by atoms with E-state index >= 15 is 0 Å². The van der Waals surface area contributed by atoms with Crippen LogP contribution in [0.2, 0.25) is 0 Å². The van der Waals surface area contributed by atoms with Crippen molar-refractivity contribution in [3.8, 4) is 0 Å². The van der Waals surface area contributed by atoms with Gasteiger partial charge >= 0.3 is 5.71 Å². The van der Waals surface area contributed by atoms with Gasteiger partial charge in [-0.05, 0) is 18.8 Å². The molecular weight excluding hydrogens is 420 g/mol. The number of rotatable bonds is 2. The maximum absolute atomic E-state index is 13.4. The van der Waals surface area contributed by atoms with E-state index in [4.69, 9.17) is 5.73 Å². The summed E-state index contributed by atoms with van der Waals surface area (Å²) in [7, 11) is 3.15. The summed E-state index contributed by atoms with van der Waals surface area (Å²) in [6.45, 7) is 0. The van der Waals surface area contributed by atoms with Crippen molar-refractivity contribution >= 4 is 29.0 Å². The van der Waals surface area contributed by atoms with Gasteiger partial charge in [0.2, 0.25) is 11.6 Å². The minimum absolute atomic E-state index is 0.0165. The number of Topliss-reactive ketones (excluding diaryl/α,β-unsaturated/α-hetero) is 3. The van der Waals surface area contributed by atoms with Gasteiger partial charge in [-0.1, -0.05) is 0 Å². The molecule has 0 aromatic rings. The molecule has 11 heteroatoms. The third kappa shape index (κ3) is 2.58. The van der Waals surface area contributed by atoms with Crippen LogP contribution < -0.4 is 5.73 Å². The number of fused-ring (bicyclic) bond motifs is 2. The van der Waals surface area contributed by atoms with Crippen molar-refractivity contribution in [3.05, 3.63) is 51.1 Å². The van der Waals surface area contributed by atoms with Crippen molar-refractivity contribution in [1.29, 1.82) is 0 Å². The Morgan fingerprint density at radius 3 is 2.47 bits per heavy atom. The van der Waals surface area contributed by atoms with Gasteiger partial charge < -0.3 is 31.5 Å². The van der Waals surface area contributed by atoms with Crippen LogP contribution in [0, 0.1) is 11.8 Å². The Morgan fingerprint density at radius 1 is 1.25 bits per heavy atom. The Balaban J connectivity index is 1.92. The minimum Gasteiger partial charge on any atom is -0.508 e. The van der Waals surface area contributed by atoms with Crippen LogP contribution in [0.25, 0.3) is 5.53 Å². The Labute approximate surface area is 181 Å². The quantitative estimate of drug-likeness (QED) is 0.189. The van der Waals surface area contributed by atoms with E-state index < -0.39 is 64.2 Å². The second-order valence-corrected chi connectivity index (χ2v) is 8.50. The molecule has 1 amide bonds. The smallest absolute Gasteiger partial charge is 0.321 e. The fraction of sp³-hybridized carbons (Fsp3) is 0.381. The first-order chi connectivity index (χ1) is 14.9. The lowest BCUT2D eigenvalue weighted by Crippen LogP contribution is -2.58. The molecule has 0 aliphatic heterocycles. The number of hydrogen-bond acceptors (Lipinski definition) is 8. The third-order valence-corrected chi connectivity index (χ3v) is 6.59. The van der Waals surface area contributed by atoms with Gasteiger partial charge in [-0.3, -0.25) is 19.2 Å². The van der Waals surface area contributed by atoms with Crippen molar-refractivity contribution in [1.82, 2.24) is 4.90 Å². The van der Waals surface area contributed by atoms with E-state index in [1.54, 1.807) is 14.1 Å². The van der Waals surface area contributed by atoms with Crippen molar-refractivity contribution in [2.24, 2.45) is 17.6 Å². The Morgan fingerprint density at radius 2 is 1.91 bits per heavy atom. The van der Waals surface area contributed by atoms with Crippen LogP contribution >= 0.6 is 0 Å². The molecular formula is C21H20N4O7. The highest BCUT2D eigenvalue weighted by atomic mass is 16.3. The van der Waals surface area contributed by atoms with Crippen LogP contribution in [0.5, 0.6) is 0 Å². The number of aliphatic hydroxyl groups is 3. The lowest BCUT2D eigenvalue weighted by atomic mass is 9.58. The van der Waals surface area contributed by atoms with Gasteiger partial charge in [0.15, 0.2) is 11.4 Å². The first kappa shape index (κ1) is 21.4. The zero-order valence-electron chi connectivity index (χ0n) is 17.2. The predicted molar refractivity (Wildman–Crippen MR) is 107 cm³/mol. The van der Waals surface area contributed by atoms with Crippen molar-refractivity contribution in [3.63, 3.8) is 0 Å². The normalized spacial score (nSPS) is 29.9. The number of ketones is 3. The van der Waals surface area contributed by atoms with E-state index in [-0.39, 0.29) is 41.0 Å². The van der Waals surface area contributed by atoms with Crippen molar-refractivity contribution in [2.75, 3.05) is 14.1 Å². The molecule has 4 aliphatic rings. The van der Waals surface area contributed by atoms with Gasteiger partial charge in [0.1, 0.15) is 17.1 Å². The van der Waals surface area contributed by atoms with Crippen LogP contribution in [0.3, 0.4) is 0 Å². The van der Waals surface area contributed by atoms with E-state index in [2.05, 4.69) is 4.79 Å². The summed E-state index contributed by atoms with van der Waals surface area (Å²) in [6, 6.07) is 0. The minimum atomic E-state index is -2.64. The lowest BCUT2D eigenvalue weighted by molar-refractivity contribution is -0.147. The number of hydrogen-bond donors (Lipinski definition) is 4. The third-order valence-electron chi connectivity index (χ3n) is 6.59. The average molecular weight is 440 g/mol. The SMILES string of the molecule is CN(C)C1=CC(=[N+]=[N-])C2=C(C1=O)C(O)=C1C(=O)[C@]3(O)C(O)=C(C(N)=O)C(=O)CC3CC1C2. The molecule has 0 aromatic carbocycles. The van der Waals surface area contributed by atoms with E-state index in [0.717, 1.165) is 0 Å². The van der Waals surface area contributed by atoms with Gasteiger partial charge in [0.05, 0.1) is 22.9 Å². The summed E-state index contributed by atoms with van der Waals surface area (Å²) < 4.78 is 0. The lowest BCUT2D eigenvalue weighted by Gasteiger charge is -2.46.